The van der Waals surface area contributed by atoms with Gasteiger partial charge in [0.15, 0.2) is 13.7 Å². The van der Waals surface area contributed by atoms with Crippen LogP contribution in [0.4, 0.5) is 18.9 Å². The first kappa shape index (κ1) is 24.3. The SMILES string of the molecule is Cc1cc(C)c([I+]c2cccc([N+](=O)[O-])c2C)c(C)c1.O=S(=O)([O-])C(F)(F)F. The van der Waals surface area contributed by atoms with Gasteiger partial charge in [-0.2, -0.15) is 13.2 Å². The lowest BCUT2D eigenvalue weighted by Gasteiger charge is -2.08. The summed E-state index contributed by atoms with van der Waals surface area (Å²) in [5.41, 5.74) is -0.757. The van der Waals surface area contributed by atoms with Crippen LogP contribution in [0.2, 0.25) is 0 Å². The van der Waals surface area contributed by atoms with Crippen LogP contribution in [0.15, 0.2) is 30.3 Å². The third-order valence-electron chi connectivity index (χ3n) is 3.50. The molecule has 2 aromatic rings. The van der Waals surface area contributed by atoms with Gasteiger partial charge >= 0.3 is 26.7 Å². The Hall–Kier alpha value is -1.73. The van der Waals surface area contributed by atoms with Crippen LogP contribution < -0.4 is 21.2 Å². The molecule has 0 spiro atoms. The molecule has 0 radical (unpaired) electrons. The fraction of sp³-hybridized carbons (Fsp3) is 0.294. The molecular weight excluding hydrogens is 514 g/mol. The molecule has 0 aromatic heterocycles. The lowest BCUT2D eigenvalue weighted by atomic mass is 10.1. The monoisotopic (exact) mass is 531 g/mol. The standard InChI is InChI=1S/C16H17INO2.CHF3O3S/c1-10-8-11(2)16(12(3)9-10)17-14-6-5-7-15(13(14)4)18(19)20;2-1(3,4)8(5,6)7/h5-9H,1-4H3;(H,5,6,7)/q+1;/p-1. The molecular formula is C17H17F3INO5S. The predicted molar refractivity (Wildman–Crippen MR) is 91.6 cm³/mol. The van der Waals surface area contributed by atoms with Crippen molar-refractivity contribution in [3.8, 4) is 0 Å². The van der Waals surface area contributed by atoms with Crippen molar-refractivity contribution in [2.45, 2.75) is 33.2 Å². The van der Waals surface area contributed by atoms with Crippen molar-refractivity contribution >= 4 is 15.8 Å². The number of benzene rings is 2. The van der Waals surface area contributed by atoms with E-state index in [-0.39, 0.29) is 10.6 Å². The molecule has 154 valence electrons. The number of nitrogens with zero attached hydrogens (tertiary/aromatic N) is 1. The van der Waals surface area contributed by atoms with Crippen molar-refractivity contribution in [1.29, 1.82) is 0 Å². The zero-order valence-corrected chi connectivity index (χ0v) is 18.3. The Morgan fingerprint density at radius 1 is 1.04 bits per heavy atom. The molecule has 2 aromatic carbocycles. The smallest absolute Gasteiger partial charge is 0.485 e. The highest BCUT2D eigenvalue weighted by Gasteiger charge is 2.37. The molecule has 0 unspecified atom stereocenters. The van der Waals surface area contributed by atoms with Crippen molar-refractivity contribution in [2.75, 3.05) is 0 Å². The summed E-state index contributed by atoms with van der Waals surface area (Å²) in [5, 5.41) is 11.0. The summed E-state index contributed by atoms with van der Waals surface area (Å²) in [6.45, 7) is 8.20. The summed E-state index contributed by atoms with van der Waals surface area (Å²) < 4.78 is 61.4. The quantitative estimate of drug-likeness (QED) is 0.194. The molecule has 0 N–H and O–H groups in total. The average molecular weight is 531 g/mol. The highest BCUT2D eigenvalue weighted by molar-refractivity contribution is 7.86. The zero-order chi connectivity index (χ0) is 21.9. The summed E-state index contributed by atoms with van der Waals surface area (Å²) in [6, 6.07) is 9.77. The molecule has 0 aliphatic heterocycles. The Morgan fingerprint density at radius 3 is 1.89 bits per heavy atom. The van der Waals surface area contributed by atoms with Crippen LogP contribution in [-0.2, 0) is 10.1 Å². The van der Waals surface area contributed by atoms with E-state index in [0.29, 0.717) is 0 Å². The Morgan fingerprint density at radius 2 is 1.50 bits per heavy atom. The van der Waals surface area contributed by atoms with E-state index in [1.165, 1.54) is 20.3 Å². The second-order valence-electron chi connectivity index (χ2n) is 5.85. The number of hydrogen-bond donors (Lipinski definition) is 0. The number of nitro benzene ring substituents is 1. The Bertz CT molecular complexity index is 968. The molecule has 0 fully saturated rings. The van der Waals surface area contributed by atoms with E-state index in [1.807, 2.05) is 13.0 Å². The molecule has 2 rings (SSSR count). The summed E-state index contributed by atoms with van der Waals surface area (Å²) in [6.07, 6.45) is 0. The minimum atomic E-state index is -6.09. The number of aryl methyl sites for hydroxylation is 3. The van der Waals surface area contributed by atoms with E-state index in [2.05, 4.69) is 32.9 Å². The maximum absolute atomic E-state index is 11.0. The first-order chi connectivity index (χ1) is 12.6. The molecule has 11 heteroatoms. The van der Waals surface area contributed by atoms with Crippen LogP contribution in [0.1, 0.15) is 22.3 Å². The minimum absolute atomic E-state index is 0.226. The molecule has 0 heterocycles. The molecule has 6 nitrogen and oxygen atoms in total. The summed E-state index contributed by atoms with van der Waals surface area (Å²) >= 11 is -0.396. The summed E-state index contributed by atoms with van der Waals surface area (Å²) in [7, 11) is -6.09. The van der Waals surface area contributed by atoms with Gasteiger partial charge in [-0.25, -0.2) is 8.42 Å². The Labute approximate surface area is 170 Å². The molecule has 0 bridgehead atoms. The largest absolute Gasteiger partial charge is 0.741 e. The molecule has 0 saturated heterocycles. The molecule has 28 heavy (non-hydrogen) atoms. The Kier molecular flexibility index (Phi) is 7.97. The topological polar surface area (TPSA) is 100 Å². The lowest BCUT2D eigenvalue weighted by molar-refractivity contribution is -0.599. The van der Waals surface area contributed by atoms with Gasteiger partial charge in [-0.1, -0.05) is 23.8 Å². The van der Waals surface area contributed by atoms with Crippen LogP contribution in [0.3, 0.4) is 0 Å². The van der Waals surface area contributed by atoms with Crippen LogP contribution in [-0.4, -0.2) is 23.4 Å². The van der Waals surface area contributed by atoms with Gasteiger partial charge in [0.05, 0.1) is 10.5 Å². The van der Waals surface area contributed by atoms with Gasteiger partial charge in [-0.3, -0.25) is 10.1 Å². The van der Waals surface area contributed by atoms with Crippen LogP contribution >= 0.6 is 0 Å². The average Bonchev–Trinajstić information content (AvgIpc) is 2.50. The van der Waals surface area contributed by atoms with Crippen LogP contribution in [0.25, 0.3) is 0 Å². The number of halogens is 4. The highest BCUT2D eigenvalue weighted by atomic mass is 127. The minimum Gasteiger partial charge on any atom is -0.741 e. The molecule has 0 aliphatic carbocycles. The summed E-state index contributed by atoms with van der Waals surface area (Å²) in [5.74, 6) is 0. The van der Waals surface area contributed by atoms with E-state index in [9.17, 15) is 23.3 Å². The number of nitro groups is 1. The van der Waals surface area contributed by atoms with Crippen molar-refractivity contribution in [2.24, 2.45) is 0 Å². The van der Waals surface area contributed by atoms with E-state index in [1.54, 1.807) is 12.1 Å². The normalized spacial score (nSPS) is 11.6. The summed E-state index contributed by atoms with van der Waals surface area (Å²) in [4.78, 5) is 10.7. The first-order valence-electron chi connectivity index (χ1n) is 7.64. The van der Waals surface area contributed by atoms with E-state index >= 15 is 0 Å². The maximum Gasteiger partial charge on any atom is 0.485 e. The van der Waals surface area contributed by atoms with E-state index < -0.39 is 36.8 Å². The number of alkyl halides is 3. The molecule has 0 aliphatic rings. The highest BCUT2D eigenvalue weighted by Crippen LogP contribution is 2.20. The first-order valence-corrected chi connectivity index (χ1v) is 11.2. The fourth-order valence-electron chi connectivity index (χ4n) is 2.31. The van der Waals surface area contributed by atoms with E-state index in [4.69, 9.17) is 13.0 Å². The van der Waals surface area contributed by atoms with Crippen molar-refractivity contribution in [1.82, 2.24) is 0 Å². The van der Waals surface area contributed by atoms with Crippen molar-refractivity contribution in [3.63, 3.8) is 0 Å². The van der Waals surface area contributed by atoms with Crippen molar-refractivity contribution < 1.29 is 52.3 Å². The molecule has 0 amide bonds. The number of rotatable bonds is 3. The van der Waals surface area contributed by atoms with Crippen LogP contribution in [0.5, 0.6) is 0 Å². The third kappa shape index (κ3) is 6.41. The molecule has 0 atom stereocenters. The van der Waals surface area contributed by atoms with Gasteiger partial charge in [-0.15, -0.1) is 0 Å². The second-order valence-corrected chi connectivity index (χ2v) is 10.00. The second kappa shape index (κ2) is 9.18. The predicted octanol–water partition coefficient (Wildman–Crippen LogP) is 1.01. The Balaban J connectivity index is 0.000000416. The van der Waals surface area contributed by atoms with Gasteiger partial charge in [-0.05, 0) is 33.8 Å². The van der Waals surface area contributed by atoms with Crippen LogP contribution in [0, 0.1) is 44.9 Å². The van der Waals surface area contributed by atoms with Gasteiger partial charge in [0.25, 0.3) is 5.69 Å². The lowest BCUT2D eigenvalue weighted by Crippen LogP contribution is -3.62. The maximum atomic E-state index is 11.0. The van der Waals surface area contributed by atoms with E-state index in [0.717, 1.165) is 9.13 Å². The molecule has 0 saturated carbocycles. The van der Waals surface area contributed by atoms with Gasteiger partial charge in [0, 0.05) is 17.2 Å². The van der Waals surface area contributed by atoms with Gasteiger partial charge in [0.1, 0.15) is 0 Å². The number of hydrogen-bond acceptors (Lipinski definition) is 5. The third-order valence-corrected chi connectivity index (χ3v) is 8.05. The van der Waals surface area contributed by atoms with Gasteiger partial charge < -0.3 is 4.55 Å². The van der Waals surface area contributed by atoms with Crippen molar-refractivity contribution in [3.05, 3.63) is 69.8 Å². The van der Waals surface area contributed by atoms with Gasteiger partial charge in [0.2, 0.25) is 3.57 Å². The fourth-order valence-corrected chi connectivity index (χ4v) is 5.12. The zero-order valence-electron chi connectivity index (χ0n) is 15.3.